The van der Waals surface area contributed by atoms with Crippen molar-refractivity contribution in [1.82, 2.24) is 15.6 Å². The second-order valence-electron chi connectivity index (χ2n) is 12.7. The van der Waals surface area contributed by atoms with Gasteiger partial charge in [0.05, 0.1) is 11.5 Å². The number of hydrogen-bond acceptors (Lipinski definition) is 5. The van der Waals surface area contributed by atoms with Crippen LogP contribution >= 0.6 is 0 Å². The van der Waals surface area contributed by atoms with Crippen molar-refractivity contribution in [3.63, 3.8) is 0 Å². The van der Waals surface area contributed by atoms with Crippen LogP contribution in [-0.2, 0) is 4.79 Å². The molecule has 2 heterocycles. The molecule has 5 saturated carbocycles. The number of aliphatic hydroxyl groups excluding tert-OH is 1. The van der Waals surface area contributed by atoms with E-state index in [0.717, 1.165) is 87.8 Å². The highest BCUT2D eigenvalue weighted by molar-refractivity contribution is 5.95. The fraction of sp³-hybridized carbons (Fsp3) is 0.581. The van der Waals surface area contributed by atoms with Crippen molar-refractivity contribution in [3.8, 4) is 11.1 Å². The Hall–Kier alpha value is -2.93. The third-order valence-electron chi connectivity index (χ3n) is 9.93. The number of nitrogens with zero attached hydrogens (tertiary/aromatic N) is 2. The molecule has 1 saturated heterocycles. The molecule has 1 aromatic carbocycles. The topological polar surface area (TPSA) is 94.6 Å². The lowest BCUT2D eigenvalue weighted by atomic mass is 9.48. The minimum atomic E-state index is -0.258. The Labute approximate surface area is 224 Å². The maximum absolute atomic E-state index is 13.6. The number of benzene rings is 1. The number of aromatic nitrogens is 1. The first-order valence-corrected chi connectivity index (χ1v) is 14.6. The molecule has 6 fully saturated rings. The third kappa shape index (κ3) is 4.49. The van der Waals surface area contributed by atoms with Gasteiger partial charge in [-0.05, 0) is 105 Å². The van der Waals surface area contributed by atoms with Gasteiger partial charge in [-0.1, -0.05) is 12.1 Å². The monoisotopic (exact) mass is 514 g/mol. The fourth-order valence-electron chi connectivity index (χ4n) is 7.97. The van der Waals surface area contributed by atoms with Gasteiger partial charge in [-0.25, -0.2) is 4.98 Å². The van der Waals surface area contributed by atoms with Gasteiger partial charge in [0.15, 0.2) is 0 Å². The number of rotatable bonds is 6. The Bertz CT molecular complexity index is 1190. The minimum absolute atomic E-state index is 0.0000469. The Morgan fingerprint density at radius 2 is 1.63 bits per heavy atom. The van der Waals surface area contributed by atoms with Gasteiger partial charge >= 0.3 is 0 Å². The zero-order chi connectivity index (χ0) is 25.9. The number of amides is 2. The molecule has 8 rings (SSSR count). The smallest absolute Gasteiger partial charge is 0.251 e. The summed E-state index contributed by atoms with van der Waals surface area (Å²) in [5.41, 5.74) is 2.49. The molecule has 1 aromatic heterocycles. The minimum Gasteiger partial charge on any atom is -0.393 e. The summed E-state index contributed by atoms with van der Waals surface area (Å²) in [7, 11) is 0. The van der Waals surface area contributed by atoms with Crippen LogP contribution in [0, 0.1) is 23.2 Å². The molecule has 3 atom stereocenters. The molecule has 4 bridgehead atoms. The highest BCUT2D eigenvalue weighted by Crippen LogP contribution is 2.60. The molecule has 7 heteroatoms. The summed E-state index contributed by atoms with van der Waals surface area (Å²) < 4.78 is 0. The number of nitrogens with one attached hydrogen (secondary N) is 2. The van der Waals surface area contributed by atoms with Crippen LogP contribution in [0.1, 0.15) is 68.1 Å². The summed E-state index contributed by atoms with van der Waals surface area (Å²) in [4.78, 5) is 32.9. The van der Waals surface area contributed by atoms with Crippen molar-refractivity contribution >= 4 is 17.6 Å². The lowest BCUT2D eigenvalue weighted by molar-refractivity contribution is -0.163. The summed E-state index contributed by atoms with van der Waals surface area (Å²) in [6, 6.07) is 12.4. The zero-order valence-corrected chi connectivity index (χ0v) is 21.9. The van der Waals surface area contributed by atoms with E-state index in [1.54, 1.807) is 0 Å². The number of aliphatic hydroxyl groups is 1. The van der Waals surface area contributed by atoms with Gasteiger partial charge in [-0.3, -0.25) is 9.59 Å². The van der Waals surface area contributed by atoms with Gasteiger partial charge in [0.25, 0.3) is 5.91 Å². The van der Waals surface area contributed by atoms with Crippen molar-refractivity contribution in [3.05, 3.63) is 48.2 Å². The number of hydrogen-bond donors (Lipinski definition) is 3. The number of carbonyl (C=O) groups excluding carboxylic acids is 2. The number of carbonyl (C=O) groups is 2. The fourth-order valence-corrected chi connectivity index (χ4v) is 7.97. The second-order valence-corrected chi connectivity index (χ2v) is 12.7. The molecule has 2 aromatic rings. The van der Waals surface area contributed by atoms with Gasteiger partial charge in [0, 0.05) is 42.5 Å². The van der Waals surface area contributed by atoms with Crippen LogP contribution in [0.4, 0.5) is 5.82 Å². The molecule has 6 aliphatic rings. The second kappa shape index (κ2) is 9.37. The van der Waals surface area contributed by atoms with E-state index in [4.69, 9.17) is 4.98 Å². The van der Waals surface area contributed by atoms with Gasteiger partial charge in [0.1, 0.15) is 5.82 Å². The predicted molar refractivity (Wildman–Crippen MR) is 146 cm³/mol. The molecule has 2 amide bonds. The van der Waals surface area contributed by atoms with Crippen molar-refractivity contribution < 1.29 is 14.7 Å². The van der Waals surface area contributed by atoms with Crippen LogP contribution in [0.3, 0.4) is 0 Å². The highest BCUT2D eigenvalue weighted by Gasteiger charge is 2.58. The number of pyridine rings is 1. The van der Waals surface area contributed by atoms with E-state index in [0.29, 0.717) is 29.4 Å². The molecule has 38 heavy (non-hydrogen) atoms. The first kappa shape index (κ1) is 24.1. The maximum Gasteiger partial charge on any atom is 0.251 e. The summed E-state index contributed by atoms with van der Waals surface area (Å²) >= 11 is 0. The molecular formula is C31H38N4O3. The average Bonchev–Trinajstić information content (AvgIpc) is 3.75. The van der Waals surface area contributed by atoms with Crippen LogP contribution in [0.15, 0.2) is 42.6 Å². The van der Waals surface area contributed by atoms with Crippen molar-refractivity contribution in [2.45, 2.75) is 76.0 Å². The number of piperidine rings is 1. The van der Waals surface area contributed by atoms with E-state index in [9.17, 15) is 14.7 Å². The van der Waals surface area contributed by atoms with Crippen LogP contribution in [0.2, 0.25) is 0 Å². The van der Waals surface area contributed by atoms with Crippen LogP contribution < -0.4 is 15.5 Å². The van der Waals surface area contributed by atoms with Crippen molar-refractivity contribution in [2.75, 3.05) is 18.0 Å². The van der Waals surface area contributed by atoms with E-state index in [-0.39, 0.29) is 29.4 Å². The largest absolute Gasteiger partial charge is 0.393 e. The Morgan fingerprint density at radius 1 is 0.895 bits per heavy atom. The van der Waals surface area contributed by atoms with E-state index in [1.807, 2.05) is 30.5 Å². The van der Waals surface area contributed by atoms with Gasteiger partial charge < -0.3 is 20.6 Å². The van der Waals surface area contributed by atoms with Crippen molar-refractivity contribution in [1.29, 1.82) is 0 Å². The molecule has 0 radical (unpaired) electrons. The van der Waals surface area contributed by atoms with E-state index in [2.05, 4.69) is 27.7 Å². The lowest BCUT2D eigenvalue weighted by Gasteiger charge is -2.58. The van der Waals surface area contributed by atoms with Crippen LogP contribution in [0.5, 0.6) is 0 Å². The van der Waals surface area contributed by atoms with E-state index < -0.39 is 0 Å². The van der Waals surface area contributed by atoms with E-state index in [1.165, 1.54) is 0 Å². The summed E-state index contributed by atoms with van der Waals surface area (Å²) in [5.74, 6) is 2.41. The maximum atomic E-state index is 13.6. The third-order valence-corrected chi connectivity index (χ3v) is 9.93. The van der Waals surface area contributed by atoms with E-state index >= 15 is 0 Å². The lowest BCUT2D eigenvalue weighted by Crippen LogP contribution is -2.60. The molecule has 1 aliphatic heterocycles. The Balaban J connectivity index is 0.980. The molecule has 0 spiro atoms. The molecule has 3 N–H and O–H groups in total. The summed E-state index contributed by atoms with van der Waals surface area (Å²) in [5, 5.41) is 17.1. The van der Waals surface area contributed by atoms with Gasteiger partial charge in [-0.15, -0.1) is 0 Å². The normalized spacial score (nSPS) is 33.7. The average molecular weight is 515 g/mol. The quantitative estimate of drug-likeness (QED) is 0.543. The highest BCUT2D eigenvalue weighted by atomic mass is 16.3. The molecule has 200 valence electrons. The first-order chi connectivity index (χ1) is 18.5. The SMILES string of the molecule is O=C(NC1CC1)c1ccc(-c2ccc(N3CCC[C@H](NC(=O)C45CC6CC(C4)C(O)C(C6)C5)C3)nc2)cc1. The Kier molecular flexibility index (Phi) is 5.95. The van der Waals surface area contributed by atoms with Crippen LogP contribution in [-0.4, -0.2) is 53.2 Å². The number of anilines is 1. The molecular weight excluding hydrogens is 476 g/mol. The summed E-state index contributed by atoms with van der Waals surface area (Å²) in [6.45, 7) is 1.71. The molecule has 5 aliphatic carbocycles. The van der Waals surface area contributed by atoms with Crippen molar-refractivity contribution in [2.24, 2.45) is 23.2 Å². The molecule has 2 unspecified atom stereocenters. The standard InChI is InChI=1S/C31H38N4O3/c36-28-23-12-19-13-24(28)16-31(14-19,15-23)30(38)34-26-2-1-11-35(18-26)27-10-7-22(17-32-27)20-3-5-21(6-4-20)29(37)33-25-8-9-25/h3-7,10,17,19,23-26,28,36H,1-2,8-9,11-16,18H2,(H,33,37)(H,34,38)/t19?,23?,24?,26-,28?,31?/m0/s1. The van der Waals surface area contributed by atoms with Crippen LogP contribution in [0.25, 0.3) is 11.1 Å². The molecule has 7 nitrogen and oxygen atoms in total. The van der Waals surface area contributed by atoms with Gasteiger partial charge in [0.2, 0.25) is 5.91 Å². The van der Waals surface area contributed by atoms with Gasteiger partial charge in [-0.2, -0.15) is 0 Å². The Morgan fingerprint density at radius 3 is 2.32 bits per heavy atom. The predicted octanol–water partition coefficient (Wildman–Crippen LogP) is 3.91. The zero-order valence-electron chi connectivity index (χ0n) is 21.9. The summed E-state index contributed by atoms with van der Waals surface area (Å²) in [6.07, 6.45) is 10.8. The first-order valence-electron chi connectivity index (χ1n) is 14.6.